The molecule has 0 aliphatic heterocycles. The molecule has 0 fully saturated rings. The van der Waals surface area contributed by atoms with Crippen LogP contribution in [0.1, 0.15) is 17.4 Å². The summed E-state index contributed by atoms with van der Waals surface area (Å²) in [5, 5.41) is 3.43. The molecule has 0 heterocycles. The minimum atomic E-state index is -0.393. The van der Waals surface area contributed by atoms with Crippen molar-refractivity contribution in [3.05, 3.63) is 51.9 Å². The van der Waals surface area contributed by atoms with Gasteiger partial charge in [0.25, 0.3) is 0 Å². The molecule has 0 atom stereocenters. The zero-order valence-corrected chi connectivity index (χ0v) is 9.91. The molecule has 0 bridgehead atoms. The quantitative estimate of drug-likeness (QED) is 0.327. The van der Waals surface area contributed by atoms with Crippen molar-refractivity contribution in [1.82, 2.24) is 0 Å². The highest BCUT2D eigenvalue weighted by molar-refractivity contribution is 5.54. The number of hydrogen-bond donors (Lipinski definition) is 0. The minimum absolute atomic E-state index is 0.329. The first-order valence-electron chi connectivity index (χ1n) is 5.15. The van der Waals surface area contributed by atoms with Gasteiger partial charge in [0.1, 0.15) is 0 Å². The van der Waals surface area contributed by atoms with Crippen molar-refractivity contribution in [2.75, 3.05) is 20.8 Å². The Morgan fingerprint density at radius 2 is 2.06 bits per heavy atom. The van der Waals surface area contributed by atoms with E-state index in [0.29, 0.717) is 6.54 Å². The Morgan fingerprint density at radius 1 is 1.35 bits per heavy atom. The van der Waals surface area contributed by atoms with E-state index in [1.165, 1.54) is 0 Å². The zero-order chi connectivity index (χ0) is 12.5. The predicted molar refractivity (Wildman–Crippen MR) is 66.2 cm³/mol. The van der Waals surface area contributed by atoms with Crippen molar-refractivity contribution in [3.63, 3.8) is 0 Å². The summed E-state index contributed by atoms with van der Waals surface area (Å²) in [5.41, 5.74) is 10.1. The highest BCUT2D eigenvalue weighted by Crippen LogP contribution is 2.22. The number of rotatable bonds is 6. The molecule has 5 nitrogen and oxygen atoms in total. The number of ether oxygens (including phenoxy) is 2. The van der Waals surface area contributed by atoms with Gasteiger partial charge >= 0.3 is 0 Å². The Labute approximate surface area is 100 Å². The lowest BCUT2D eigenvalue weighted by Gasteiger charge is -2.15. The lowest BCUT2D eigenvalue weighted by molar-refractivity contribution is -0.106. The summed E-state index contributed by atoms with van der Waals surface area (Å²) in [7, 11) is 3.18. The minimum Gasteiger partial charge on any atom is -0.352 e. The van der Waals surface area contributed by atoms with E-state index in [1.54, 1.807) is 20.3 Å². The summed E-state index contributed by atoms with van der Waals surface area (Å²) in [6.07, 6.45) is 3.28. The molecule has 0 unspecified atom stereocenters. The molecule has 0 N–H and O–H groups in total. The van der Waals surface area contributed by atoms with E-state index in [1.807, 2.05) is 30.3 Å². The smallest absolute Gasteiger partial charge is 0.183 e. The maximum absolute atomic E-state index is 8.17. The second-order valence-electron chi connectivity index (χ2n) is 3.25. The first kappa shape index (κ1) is 13.3. The van der Waals surface area contributed by atoms with Gasteiger partial charge in [-0.25, -0.2) is 0 Å². The van der Waals surface area contributed by atoms with Crippen LogP contribution in [0.5, 0.6) is 0 Å². The summed E-state index contributed by atoms with van der Waals surface area (Å²) in [6.45, 7) is 0.329. The Morgan fingerprint density at radius 3 is 2.71 bits per heavy atom. The summed E-state index contributed by atoms with van der Waals surface area (Å²) in [6, 6.07) is 7.74. The van der Waals surface area contributed by atoms with Crippen LogP contribution >= 0.6 is 0 Å². The molecule has 1 aromatic carbocycles. The third-order valence-corrected chi connectivity index (χ3v) is 2.23. The third-order valence-electron chi connectivity index (χ3n) is 2.23. The average molecular weight is 233 g/mol. The van der Waals surface area contributed by atoms with Gasteiger partial charge in [0.05, 0.1) is 0 Å². The molecule has 0 aliphatic rings. The second kappa shape index (κ2) is 7.46. The van der Waals surface area contributed by atoms with E-state index in [4.69, 9.17) is 15.0 Å². The topological polar surface area (TPSA) is 67.2 Å². The van der Waals surface area contributed by atoms with Crippen LogP contribution in [0.25, 0.3) is 16.5 Å². The molecule has 0 aliphatic carbocycles. The van der Waals surface area contributed by atoms with Gasteiger partial charge in [-0.3, -0.25) is 0 Å². The van der Waals surface area contributed by atoms with Gasteiger partial charge in [-0.05, 0) is 11.1 Å². The van der Waals surface area contributed by atoms with Crippen LogP contribution in [-0.2, 0) is 9.47 Å². The normalized spacial score (nSPS) is 10.8. The van der Waals surface area contributed by atoms with Crippen LogP contribution in [0, 0.1) is 0 Å². The summed E-state index contributed by atoms with van der Waals surface area (Å²) < 4.78 is 10.4. The van der Waals surface area contributed by atoms with Gasteiger partial charge in [-0.1, -0.05) is 41.5 Å². The van der Waals surface area contributed by atoms with E-state index in [9.17, 15) is 0 Å². The lowest BCUT2D eigenvalue weighted by Crippen LogP contribution is -2.05. The molecule has 90 valence electrons. The molecule has 0 amide bonds. The number of benzene rings is 1. The van der Waals surface area contributed by atoms with Crippen molar-refractivity contribution in [2.45, 2.75) is 6.29 Å². The molecular weight excluding hydrogens is 218 g/mol. The summed E-state index contributed by atoms with van der Waals surface area (Å²) in [5.74, 6) is 0. The Balaban J connectivity index is 2.90. The fourth-order valence-corrected chi connectivity index (χ4v) is 1.49. The Hall–Kier alpha value is -1.81. The predicted octanol–water partition coefficient (Wildman–Crippen LogP) is 3.30. The molecule has 0 saturated carbocycles. The Bertz CT molecular complexity index is 422. The SMILES string of the molecule is COC(OC)c1ccccc1C=CCN=[N+]=[N-]. The van der Waals surface area contributed by atoms with Crippen molar-refractivity contribution < 1.29 is 9.47 Å². The van der Waals surface area contributed by atoms with Gasteiger partial charge in [-0.15, -0.1) is 0 Å². The van der Waals surface area contributed by atoms with Crippen LogP contribution < -0.4 is 0 Å². The molecule has 5 heteroatoms. The largest absolute Gasteiger partial charge is 0.352 e. The number of nitrogens with zero attached hydrogens (tertiary/aromatic N) is 3. The van der Waals surface area contributed by atoms with Crippen LogP contribution in [-0.4, -0.2) is 20.8 Å². The van der Waals surface area contributed by atoms with E-state index >= 15 is 0 Å². The maximum atomic E-state index is 8.17. The molecule has 17 heavy (non-hydrogen) atoms. The van der Waals surface area contributed by atoms with Gasteiger partial charge < -0.3 is 9.47 Å². The van der Waals surface area contributed by atoms with E-state index < -0.39 is 6.29 Å². The highest BCUT2D eigenvalue weighted by Gasteiger charge is 2.11. The monoisotopic (exact) mass is 233 g/mol. The van der Waals surface area contributed by atoms with Gasteiger partial charge in [0.2, 0.25) is 0 Å². The van der Waals surface area contributed by atoms with Gasteiger partial charge in [0.15, 0.2) is 6.29 Å². The number of methoxy groups -OCH3 is 2. The van der Waals surface area contributed by atoms with Crippen LogP contribution in [0.15, 0.2) is 35.5 Å². The average Bonchev–Trinajstić information content (AvgIpc) is 2.38. The molecule has 1 aromatic rings. The number of hydrogen-bond acceptors (Lipinski definition) is 3. The molecular formula is C12H15N3O2. The molecule has 0 spiro atoms. The Kier molecular flexibility index (Phi) is 5.82. The summed E-state index contributed by atoms with van der Waals surface area (Å²) >= 11 is 0. The van der Waals surface area contributed by atoms with Crippen molar-refractivity contribution in [2.24, 2.45) is 5.11 Å². The number of azide groups is 1. The first-order valence-corrected chi connectivity index (χ1v) is 5.15. The zero-order valence-electron chi connectivity index (χ0n) is 9.91. The van der Waals surface area contributed by atoms with Crippen molar-refractivity contribution in [3.8, 4) is 0 Å². The lowest BCUT2D eigenvalue weighted by atomic mass is 10.1. The standard InChI is InChI=1S/C12H15N3O2/c1-16-12(17-2)11-8-4-3-6-10(11)7-5-9-14-15-13/h3-8,12H,9H2,1-2H3. The van der Waals surface area contributed by atoms with E-state index in [2.05, 4.69) is 10.0 Å². The van der Waals surface area contributed by atoms with E-state index in [-0.39, 0.29) is 0 Å². The fraction of sp³-hybridized carbons (Fsp3) is 0.333. The molecule has 0 aromatic heterocycles. The molecule has 0 saturated heterocycles. The van der Waals surface area contributed by atoms with Gasteiger partial charge in [-0.2, -0.15) is 0 Å². The first-order chi connectivity index (χ1) is 8.33. The van der Waals surface area contributed by atoms with E-state index in [0.717, 1.165) is 11.1 Å². The van der Waals surface area contributed by atoms with Crippen LogP contribution in [0.2, 0.25) is 0 Å². The third kappa shape index (κ3) is 3.92. The molecule has 1 rings (SSSR count). The van der Waals surface area contributed by atoms with Crippen LogP contribution in [0.4, 0.5) is 0 Å². The van der Waals surface area contributed by atoms with Crippen molar-refractivity contribution >= 4 is 6.08 Å². The fourth-order valence-electron chi connectivity index (χ4n) is 1.49. The maximum Gasteiger partial charge on any atom is 0.183 e. The van der Waals surface area contributed by atoms with Crippen LogP contribution in [0.3, 0.4) is 0 Å². The highest BCUT2D eigenvalue weighted by atomic mass is 16.7. The molecule has 0 radical (unpaired) electrons. The second-order valence-corrected chi connectivity index (χ2v) is 3.25. The van der Waals surface area contributed by atoms with Gasteiger partial charge in [0, 0.05) is 31.2 Å². The van der Waals surface area contributed by atoms with Crippen molar-refractivity contribution in [1.29, 1.82) is 0 Å². The summed E-state index contributed by atoms with van der Waals surface area (Å²) in [4.78, 5) is 2.68.